The zero-order valence-electron chi connectivity index (χ0n) is 44.8. The minimum Gasteiger partial charge on any atom is -0.464 e. The van der Waals surface area contributed by atoms with Crippen molar-refractivity contribution in [3.05, 3.63) is 121 Å². The smallest absolute Gasteiger partial charge is 0.360 e. The first kappa shape index (κ1) is 58.1. The molecular formula is C55H82N2O11Si2. The molecule has 2 aliphatic rings. The van der Waals surface area contributed by atoms with E-state index in [2.05, 4.69) is 122 Å². The van der Waals surface area contributed by atoms with Gasteiger partial charge in [-0.05, 0) is 56.5 Å². The lowest BCUT2D eigenvalue weighted by molar-refractivity contribution is -0.0420. The van der Waals surface area contributed by atoms with Gasteiger partial charge in [-0.3, -0.25) is 0 Å². The van der Waals surface area contributed by atoms with Gasteiger partial charge in [0.25, 0.3) is 0 Å². The number of hydrogen-bond acceptors (Lipinski definition) is 13. The van der Waals surface area contributed by atoms with E-state index in [-0.39, 0.29) is 69.9 Å². The van der Waals surface area contributed by atoms with E-state index >= 15 is 0 Å². The molecule has 2 aromatic heterocycles. The number of carbonyl (C=O) groups is 2. The van der Waals surface area contributed by atoms with Crippen LogP contribution in [0.15, 0.2) is 106 Å². The SMILES string of the molecule is C/C=C/C(O[Si](C)(C)C(C)(C)C)C(C)(C)C(O)C/C=C\[C@H]1O[C@H]1/C=C/C=C\c1nc(C(=O)OC(C/C=C\[C@H]2O[C@H]2/C=C/C=C\c2nc(C(=O)OC)co2)C(C)(C)C(/C=C/C)O[Si](C)(C)C(C)(C)C)co1. The third kappa shape index (κ3) is 16.3. The number of aliphatic hydroxyl groups excluding tert-OH is 1. The largest absolute Gasteiger partial charge is 0.464 e. The molecule has 0 radical (unpaired) electrons. The fourth-order valence-electron chi connectivity index (χ4n) is 6.80. The Morgan fingerprint density at radius 2 is 1.06 bits per heavy atom. The Morgan fingerprint density at radius 1 is 0.643 bits per heavy atom. The van der Waals surface area contributed by atoms with Crippen LogP contribution in [0.1, 0.15) is 129 Å². The number of aromatic nitrogens is 2. The van der Waals surface area contributed by atoms with Gasteiger partial charge >= 0.3 is 11.9 Å². The van der Waals surface area contributed by atoms with Crippen molar-refractivity contribution in [1.82, 2.24) is 9.97 Å². The number of aliphatic hydroxyl groups is 1. The summed E-state index contributed by atoms with van der Waals surface area (Å²) in [6.07, 6.45) is 31.6. The van der Waals surface area contributed by atoms with E-state index in [1.54, 1.807) is 24.3 Å². The number of methoxy groups -OCH3 is 1. The molecule has 0 saturated carbocycles. The van der Waals surface area contributed by atoms with Gasteiger partial charge in [-0.15, -0.1) is 0 Å². The van der Waals surface area contributed by atoms with Crippen molar-refractivity contribution in [3.63, 3.8) is 0 Å². The van der Waals surface area contributed by atoms with E-state index in [0.717, 1.165) is 0 Å². The normalized spacial score (nSPS) is 21.7. The molecule has 0 spiro atoms. The van der Waals surface area contributed by atoms with Gasteiger partial charge in [-0.2, -0.15) is 0 Å². The van der Waals surface area contributed by atoms with Crippen molar-refractivity contribution >= 4 is 40.7 Å². The minimum atomic E-state index is -2.25. The third-order valence-electron chi connectivity index (χ3n) is 14.0. The van der Waals surface area contributed by atoms with Crippen molar-refractivity contribution in [1.29, 1.82) is 0 Å². The molecule has 2 aliphatic heterocycles. The zero-order chi connectivity index (χ0) is 52.3. The first-order chi connectivity index (χ1) is 32.6. The Hall–Kier alpha value is -4.49. The van der Waals surface area contributed by atoms with Crippen molar-refractivity contribution < 1.29 is 51.3 Å². The Balaban J connectivity index is 1.37. The molecule has 2 saturated heterocycles. The zero-order valence-corrected chi connectivity index (χ0v) is 46.8. The van der Waals surface area contributed by atoms with Crippen molar-refractivity contribution in [2.75, 3.05) is 7.11 Å². The Labute approximate surface area is 420 Å². The highest BCUT2D eigenvalue weighted by atomic mass is 28.4. The molecule has 0 aromatic carbocycles. The lowest BCUT2D eigenvalue weighted by Crippen LogP contribution is -2.51. The number of oxazole rings is 2. The molecule has 15 heteroatoms. The predicted octanol–water partition coefficient (Wildman–Crippen LogP) is 12.6. The van der Waals surface area contributed by atoms with Crippen LogP contribution in [0.5, 0.6) is 0 Å². The first-order valence-electron chi connectivity index (χ1n) is 24.4. The quantitative estimate of drug-likeness (QED) is 0.0328. The van der Waals surface area contributed by atoms with Gasteiger partial charge in [-0.25, -0.2) is 19.6 Å². The van der Waals surface area contributed by atoms with Crippen LogP contribution in [-0.4, -0.2) is 99.6 Å². The van der Waals surface area contributed by atoms with Gasteiger partial charge in [0.15, 0.2) is 28.0 Å². The van der Waals surface area contributed by atoms with Gasteiger partial charge in [0.1, 0.15) is 43.0 Å². The van der Waals surface area contributed by atoms with Crippen LogP contribution >= 0.6 is 0 Å². The molecule has 4 rings (SSSR count). The maximum atomic E-state index is 13.8. The second-order valence-electron chi connectivity index (χ2n) is 22.3. The monoisotopic (exact) mass is 1000 g/mol. The van der Waals surface area contributed by atoms with E-state index in [4.69, 9.17) is 31.9 Å². The van der Waals surface area contributed by atoms with Gasteiger partial charge in [0, 0.05) is 29.4 Å². The van der Waals surface area contributed by atoms with Crippen LogP contribution in [0, 0.1) is 10.8 Å². The van der Waals surface area contributed by atoms with Gasteiger partial charge in [0.05, 0.1) is 25.4 Å². The Morgan fingerprint density at radius 3 is 1.49 bits per heavy atom. The van der Waals surface area contributed by atoms with Crippen LogP contribution in [0.2, 0.25) is 36.3 Å². The molecule has 0 amide bonds. The van der Waals surface area contributed by atoms with Crippen molar-refractivity contribution in [3.8, 4) is 0 Å². The molecule has 0 aliphatic carbocycles. The lowest BCUT2D eigenvalue weighted by atomic mass is 9.79. The van der Waals surface area contributed by atoms with Crippen LogP contribution in [-0.2, 0) is 27.8 Å². The maximum absolute atomic E-state index is 13.8. The average Bonchev–Trinajstić information content (AvgIpc) is 4.07. The van der Waals surface area contributed by atoms with Crippen LogP contribution in [0.25, 0.3) is 12.2 Å². The third-order valence-corrected chi connectivity index (χ3v) is 22.9. The van der Waals surface area contributed by atoms with E-state index in [9.17, 15) is 14.7 Å². The summed E-state index contributed by atoms with van der Waals surface area (Å²) >= 11 is 0. The summed E-state index contributed by atoms with van der Waals surface area (Å²) in [7, 11) is -3.03. The summed E-state index contributed by atoms with van der Waals surface area (Å²) in [6.45, 7) is 34.4. The van der Waals surface area contributed by atoms with Gasteiger partial charge < -0.3 is 41.7 Å². The van der Waals surface area contributed by atoms with E-state index in [1.165, 1.54) is 19.6 Å². The highest BCUT2D eigenvalue weighted by molar-refractivity contribution is 6.74. The number of epoxide rings is 2. The molecule has 386 valence electrons. The van der Waals surface area contributed by atoms with Crippen LogP contribution in [0.4, 0.5) is 0 Å². The highest BCUT2D eigenvalue weighted by Crippen LogP contribution is 2.43. The van der Waals surface area contributed by atoms with Gasteiger partial charge in [-0.1, -0.05) is 154 Å². The maximum Gasteiger partial charge on any atom is 0.360 e. The lowest BCUT2D eigenvalue weighted by Gasteiger charge is -2.45. The fraction of sp³-hybridized carbons (Fsp3) is 0.564. The molecule has 13 nitrogen and oxygen atoms in total. The van der Waals surface area contributed by atoms with Crippen LogP contribution in [0.3, 0.4) is 0 Å². The molecule has 4 unspecified atom stereocenters. The number of ether oxygens (including phenoxy) is 4. The number of hydrogen-bond donors (Lipinski definition) is 1. The topological polar surface area (TPSA) is 168 Å². The Kier molecular flexibility index (Phi) is 20.2. The number of allylic oxidation sites excluding steroid dienone is 6. The van der Waals surface area contributed by atoms with E-state index < -0.39 is 51.6 Å². The number of carbonyl (C=O) groups excluding carboxylic acids is 2. The number of rotatable bonds is 25. The highest BCUT2D eigenvalue weighted by Gasteiger charge is 2.47. The molecule has 2 aromatic rings. The second-order valence-corrected chi connectivity index (χ2v) is 31.8. The average molecular weight is 1000 g/mol. The summed E-state index contributed by atoms with van der Waals surface area (Å²) in [6, 6.07) is 0. The molecule has 1 N–H and O–H groups in total. The molecular weight excluding hydrogens is 921 g/mol. The summed E-state index contributed by atoms with van der Waals surface area (Å²) in [5, 5.41) is 11.3. The van der Waals surface area contributed by atoms with Gasteiger partial charge in [0.2, 0.25) is 11.8 Å². The molecule has 8 atom stereocenters. The summed E-state index contributed by atoms with van der Waals surface area (Å²) in [4.78, 5) is 34.0. The minimum absolute atomic E-state index is 0.0413. The molecule has 4 heterocycles. The Bertz CT molecular complexity index is 2280. The molecule has 70 heavy (non-hydrogen) atoms. The summed E-state index contributed by atoms with van der Waals surface area (Å²) < 4.78 is 47.4. The molecule has 2 fully saturated rings. The summed E-state index contributed by atoms with van der Waals surface area (Å²) in [5.74, 6) is -0.640. The van der Waals surface area contributed by atoms with E-state index in [1.807, 2.05) is 74.6 Å². The molecule has 0 bridgehead atoms. The number of esters is 2. The van der Waals surface area contributed by atoms with Crippen LogP contribution < -0.4 is 0 Å². The van der Waals surface area contributed by atoms with Crippen molar-refractivity contribution in [2.45, 2.75) is 181 Å². The van der Waals surface area contributed by atoms with E-state index in [0.29, 0.717) is 12.8 Å². The first-order valence-corrected chi connectivity index (χ1v) is 30.2. The number of nitrogens with zero attached hydrogens (tertiary/aromatic N) is 2. The standard InChI is InChI=1S/C55H82N2O11Si2/c1-18-26-46(67-69(14,15)52(3,4)5)54(9,10)44(58)32-24-30-42-40(64-42)28-21-23-35-49-57-39(37-63-49)51(60)66-45(55(11,12)47(27-19-2)68-70(16,17)53(6,7)8)33-25-31-43-41(65-43)29-20-22-34-48-56-38(36-62-48)50(59)61-13/h18-31,34-37,40-47,58H,32-33H2,1-17H3/b26-18+,27-19+,28-21+,29-20+,30-24-,31-25-,34-22-,35-23-/t40-,41-,42+,43+,44?,45?,46?,47?/m0/s1. The predicted molar refractivity (Wildman–Crippen MR) is 282 cm³/mol. The summed E-state index contributed by atoms with van der Waals surface area (Å²) in [5.41, 5.74) is -1.01. The second kappa shape index (κ2) is 24.3. The fourth-order valence-corrected chi connectivity index (χ4v) is 9.54. The van der Waals surface area contributed by atoms with Crippen molar-refractivity contribution in [2.24, 2.45) is 10.8 Å².